The third-order valence-corrected chi connectivity index (χ3v) is 4.74. The third kappa shape index (κ3) is 5.16. The molecule has 0 aliphatic heterocycles. The fourth-order valence-corrected chi connectivity index (χ4v) is 3.51. The summed E-state index contributed by atoms with van der Waals surface area (Å²) >= 11 is 1.42. The Morgan fingerprint density at radius 1 is 1.24 bits per heavy atom. The van der Waals surface area contributed by atoms with Crippen LogP contribution >= 0.6 is 11.3 Å². The molecule has 0 bridgehead atoms. The van der Waals surface area contributed by atoms with E-state index >= 15 is 0 Å². The van der Waals surface area contributed by atoms with Crippen molar-refractivity contribution in [1.29, 1.82) is 0 Å². The number of benzene rings is 1. The van der Waals surface area contributed by atoms with Crippen LogP contribution in [0.2, 0.25) is 0 Å². The zero-order valence-corrected chi connectivity index (χ0v) is 15.7. The standard InChI is InChI=1S/C18H24N2O4S/c1-4-6-7-16(21)19-18-20(11-10-17(22)24-5-2)14-9-8-13(23-3)12-15(14)25-18/h8-9,12H,4-7,10-11H2,1-3H3. The third-order valence-electron chi connectivity index (χ3n) is 3.70. The van der Waals surface area contributed by atoms with Crippen LogP contribution in [0.15, 0.2) is 23.2 Å². The lowest BCUT2D eigenvalue weighted by Crippen LogP contribution is -2.19. The van der Waals surface area contributed by atoms with Gasteiger partial charge in [-0.05, 0) is 31.5 Å². The molecule has 136 valence electrons. The SMILES string of the molecule is CCCCC(=O)N=c1sc2cc(OC)ccc2n1CCC(=O)OCC. The van der Waals surface area contributed by atoms with Crippen molar-refractivity contribution in [2.45, 2.75) is 46.1 Å². The lowest BCUT2D eigenvalue weighted by molar-refractivity contribution is -0.143. The fourth-order valence-electron chi connectivity index (χ4n) is 2.41. The first-order valence-electron chi connectivity index (χ1n) is 8.49. The van der Waals surface area contributed by atoms with E-state index in [1.165, 1.54) is 11.3 Å². The molecule has 0 saturated carbocycles. The van der Waals surface area contributed by atoms with Gasteiger partial charge in [-0.1, -0.05) is 24.7 Å². The number of aryl methyl sites for hydroxylation is 1. The Kier molecular flexibility index (Phi) is 7.18. The Morgan fingerprint density at radius 3 is 2.72 bits per heavy atom. The number of ether oxygens (including phenoxy) is 2. The molecule has 1 heterocycles. The maximum atomic E-state index is 12.1. The highest BCUT2D eigenvalue weighted by Crippen LogP contribution is 2.23. The highest BCUT2D eigenvalue weighted by atomic mass is 32.1. The summed E-state index contributed by atoms with van der Waals surface area (Å²) < 4.78 is 13.1. The largest absolute Gasteiger partial charge is 0.497 e. The van der Waals surface area contributed by atoms with Gasteiger partial charge in [0.15, 0.2) is 4.80 Å². The molecule has 1 amide bonds. The Balaban J connectivity index is 2.39. The molecule has 2 aromatic rings. The van der Waals surface area contributed by atoms with Crippen molar-refractivity contribution in [3.63, 3.8) is 0 Å². The van der Waals surface area contributed by atoms with Crippen molar-refractivity contribution < 1.29 is 19.1 Å². The zero-order chi connectivity index (χ0) is 18.2. The molecule has 0 radical (unpaired) electrons. The summed E-state index contributed by atoms with van der Waals surface area (Å²) in [4.78, 5) is 28.6. The van der Waals surface area contributed by atoms with Gasteiger partial charge in [0.05, 0.1) is 30.4 Å². The van der Waals surface area contributed by atoms with E-state index in [2.05, 4.69) is 4.99 Å². The molecule has 0 aliphatic carbocycles. The van der Waals surface area contributed by atoms with E-state index < -0.39 is 0 Å². The second-order valence-corrected chi connectivity index (χ2v) is 6.54. The van der Waals surface area contributed by atoms with Gasteiger partial charge in [-0.2, -0.15) is 4.99 Å². The van der Waals surface area contributed by atoms with E-state index in [9.17, 15) is 9.59 Å². The van der Waals surface area contributed by atoms with Crippen molar-refractivity contribution in [2.75, 3.05) is 13.7 Å². The topological polar surface area (TPSA) is 69.9 Å². The summed E-state index contributed by atoms with van der Waals surface area (Å²) in [6.45, 7) is 4.60. The number of carbonyl (C=O) groups is 2. The van der Waals surface area contributed by atoms with Gasteiger partial charge < -0.3 is 14.0 Å². The molecular weight excluding hydrogens is 340 g/mol. The molecule has 1 aromatic heterocycles. The lowest BCUT2D eigenvalue weighted by Gasteiger charge is -2.06. The number of unbranched alkanes of at least 4 members (excludes halogenated alkanes) is 1. The molecule has 0 spiro atoms. The van der Waals surface area contributed by atoms with Gasteiger partial charge in [0, 0.05) is 13.0 Å². The average molecular weight is 364 g/mol. The molecule has 0 saturated heterocycles. The average Bonchev–Trinajstić information content (AvgIpc) is 2.94. The minimum absolute atomic E-state index is 0.134. The van der Waals surface area contributed by atoms with Gasteiger partial charge in [-0.15, -0.1) is 0 Å². The molecule has 0 atom stereocenters. The van der Waals surface area contributed by atoms with Crippen LogP contribution in [0.4, 0.5) is 0 Å². The summed E-state index contributed by atoms with van der Waals surface area (Å²) in [6, 6.07) is 5.69. The highest BCUT2D eigenvalue weighted by Gasteiger charge is 2.11. The van der Waals surface area contributed by atoms with E-state index in [1.54, 1.807) is 14.0 Å². The molecular formula is C18H24N2O4S. The number of amides is 1. The van der Waals surface area contributed by atoms with E-state index in [0.29, 0.717) is 24.4 Å². The summed E-state index contributed by atoms with van der Waals surface area (Å²) in [5.41, 5.74) is 0.928. The van der Waals surface area contributed by atoms with Crippen molar-refractivity contribution >= 4 is 33.4 Å². The van der Waals surface area contributed by atoms with Crippen LogP contribution in [0, 0.1) is 0 Å². The number of rotatable bonds is 8. The van der Waals surface area contributed by atoms with Crippen LogP contribution in [-0.2, 0) is 20.9 Å². The number of hydrogen-bond donors (Lipinski definition) is 0. The summed E-state index contributed by atoms with van der Waals surface area (Å²) in [7, 11) is 1.61. The molecule has 7 heteroatoms. The van der Waals surface area contributed by atoms with Crippen molar-refractivity contribution in [3.8, 4) is 5.75 Å². The quantitative estimate of drug-likeness (QED) is 0.674. The van der Waals surface area contributed by atoms with Gasteiger partial charge in [0.25, 0.3) is 0 Å². The summed E-state index contributed by atoms with van der Waals surface area (Å²) in [5.74, 6) is 0.353. The number of hydrogen-bond acceptors (Lipinski definition) is 5. The molecule has 25 heavy (non-hydrogen) atoms. The van der Waals surface area contributed by atoms with Crippen molar-refractivity contribution in [2.24, 2.45) is 4.99 Å². The molecule has 0 N–H and O–H groups in total. The smallest absolute Gasteiger partial charge is 0.307 e. The number of esters is 1. The first-order valence-corrected chi connectivity index (χ1v) is 9.31. The van der Waals surface area contributed by atoms with E-state index in [4.69, 9.17) is 9.47 Å². The predicted molar refractivity (Wildman–Crippen MR) is 97.7 cm³/mol. The maximum Gasteiger partial charge on any atom is 0.307 e. The Bertz CT molecular complexity index is 807. The van der Waals surface area contributed by atoms with Crippen LogP contribution < -0.4 is 9.54 Å². The molecule has 1 aromatic carbocycles. The van der Waals surface area contributed by atoms with Crippen LogP contribution in [-0.4, -0.2) is 30.2 Å². The summed E-state index contributed by atoms with van der Waals surface area (Å²) in [6.07, 6.45) is 2.45. The van der Waals surface area contributed by atoms with Crippen LogP contribution in [0.5, 0.6) is 5.75 Å². The van der Waals surface area contributed by atoms with Crippen LogP contribution in [0.3, 0.4) is 0 Å². The van der Waals surface area contributed by atoms with E-state index in [1.807, 2.05) is 29.7 Å². The number of thiazole rings is 1. The lowest BCUT2D eigenvalue weighted by atomic mass is 10.2. The minimum Gasteiger partial charge on any atom is -0.497 e. The Hall–Kier alpha value is -2.15. The Labute approximate surface area is 151 Å². The second-order valence-electron chi connectivity index (χ2n) is 5.53. The molecule has 6 nitrogen and oxygen atoms in total. The fraction of sp³-hybridized carbons (Fsp3) is 0.500. The van der Waals surface area contributed by atoms with Gasteiger partial charge >= 0.3 is 5.97 Å². The highest BCUT2D eigenvalue weighted by molar-refractivity contribution is 7.16. The predicted octanol–water partition coefficient (Wildman–Crippen LogP) is 3.28. The first-order chi connectivity index (χ1) is 12.1. The second kappa shape index (κ2) is 9.36. The molecule has 0 fully saturated rings. The van der Waals surface area contributed by atoms with E-state index in [-0.39, 0.29) is 18.3 Å². The summed E-state index contributed by atoms with van der Waals surface area (Å²) in [5, 5.41) is 0. The molecule has 2 rings (SSSR count). The first kappa shape index (κ1) is 19.2. The van der Waals surface area contributed by atoms with Gasteiger partial charge in [-0.3, -0.25) is 9.59 Å². The van der Waals surface area contributed by atoms with Crippen molar-refractivity contribution in [1.82, 2.24) is 4.57 Å². The monoisotopic (exact) mass is 364 g/mol. The number of carbonyl (C=O) groups excluding carboxylic acids is 2. The van der Waals surface area contributed by atoms with Crippen LogP contribution in [0.1, 0.15) is 39.5 Å². The molecule has 0 unspecified atom stereocenters. The number of fused-ring (bicyclic) bond motifs is 1. The van der Waals surface area contributed by atoms with Crippen LogP contribution in [0.25, 0.3) is 10.2 Å². The Morgan fingerprint density at radius 2 is 2.04 bits per heavy atom. The number of nitrogens with zero attached hydrogens (tertiary/aromatic N) is 2. The minimum atomic E-state index is -0.258. The molecule has 0 aliphatic rings. The number of methoxy groups -OCH3 is 1. The van der Waals surface area contributed by atoms with Gasteiger partial charge in [0.2, 0.25) is 5.91 Å². The van der Waals surface area contributed by atoms with Gasteiger partial charge in [0.1, 0.15) is 5.75 Å². The normalized spacial score (nSPS) is 11.7. The van der Waals surface area contributed by atoms with Gasteiger partial charge in [-0.25, -0.2) is 0 Å². The zero-order valence-electron chi connectivity index (χ0n) is 14.9. The van der Waals surface area contributed by atoms with E-state index in [0.717, 1.165) is 28.8 Å². The van der Waals surface area contributed by atoms with Crippen molar-refractivity contribution in [3.05, 3.63) is 23.0 Å². The maximum absolute atomic E-state index is 12.1. The number of aromatic nitrogens is 1.